The fourth-order valence-electron chi connectivity index (χ4n) is 2.83. The van der Waals surface area contributed by atoms with Crippen LogP contribution in [0.4, 0.5) is 0 Å². The minimum Gasteiger partial charge on any atom is -0.363 e. The van der Waals surface area contributed by atoms with Crippen LogP contribution in [0.5, 0.6) is 0 Å². The van der Waals surface area contributed by atoms with E-state index in [0.29, 0.717) is 24.0 Å². The maximum Gasteiger partial charge on any atom is 0.244 e. The van der Waals surface area contributed by atoms with Crippen LogP contribution in [0.15, 0.2) is 17.2 Å². The van der Waals surface area contributed by atoms with Crippen molar-refractivity contribution in [2.75, 3.05) is 26.7 Å². The van der Waals surface area contributed by atoms with Gasteiger partial charge in [-0.3, -0.25) is 0 Å². The molecule has 3 rings (SSSR count). The van der Waals surface area contributed by atoms with E-state index in [1.54, 1.807) is 16.6 Å². The van der Waals surface area contributed by atoms with Gasteiger partial charge in [0.1, 0.15) is 0 Å². The number of nitrogens with zero attached hydrogens (tertiary/aromatic N) is 2. The molecule has 1 unspecified atom stereocenters. The normalized spacial score (nSPS) is 25.3. The van der Waals surface area contributed by atoms with Crippen molar-refractivity contribution in [2.45, 2.75) is 43.3 Å². The third kappa shape index (κ3) is 3.31. The van der Waals surface area contributed by atoms with E-state index in [-0.39, 0.29) is 6.04 Å². The molecule has 21 heavy (non-hydrogen) atoms. The van der Waals surface area contributed by atoms with Crippen molar-refractivity contribution in [3.63, 3.8) is 0 Å². The summed E-state index contributed by atoms with van der Waals surface area (Å²) in [5, 5.41) is 3.39. The van der Waals surface area contributed by atoms with Crippen LogP contribution in [0.25, 0.3) is 0 Å². The lowest BCUT2D eigenvalue weighted by Crippen LogP contribution is -2.52. The molecule has 2 fully saturated rings. The molecule has 1 aromatic heterocycles. The molecule has 1 aromatic rings. The van der Waals surface area contributed by atoms with Crippen molar-refractivity contribution in [1.29, 1.82) is 0 Å². The monoisotopic (exact) mass is 312 g/mol. The Morgan fingerprint density at radius 2 is 2.14 bits per heavy atom. The number of hydrogen-bond donors (Lipinski definition) is 2. The van der Waals surface area contributed by atoms with E-state index in [1.807, 2.05) is 14.0 Å². The molecule has 118 valence electrons. The highest BCUT2D eigenvalue weighted by Gasteiger charge is 2.33. The van der Waals surface area contributed by atoms with E-state index in [1.165, 1.54) is 12.8 Å². The molecule has 0 radical (unpaired) electrons. The van der Waals surface area contributed by atoms with Crippen LogP contribution in [0.2, 0.25) is 0 Å². The third-order valence-electron chi connectivity index (χ3n) is 4.25. The highest BCUT2D eigenvalue weighted by atomic mass is 32.2. The zero-order chi connectivity index (χ0) is 15.0. The third-order valence-corrected chi connectivity index (χ3v) is 6.24. The Morgan fingerprint density at radius 1 is 1.38 bits per heavy atom. The minimum absolute atomic E-state index is 0.0108. The van der Waals surface area contributed by atoms with Gasteiger partial charge in [0.15, 0.2) is 0 Å². The number of piperazine rings is 1. The molecule has 0 bridgehead atoms. The Bertz CT molecular complexity index is 594. The van der Waals surface area contributed by atoms with E-state index >= 15 is 0 Å². The van der Waals surface area contributed by atoms with Gasteiger partial charge in [0.05, 0.1) is 4.90 Å². The molecule has 6 nitrogen and oxygen atoms in total. The first-order valence-electron chi connectivity index (χ1n) is 7.58. The molecule has 1 aliphatic carbocycles. The smallest absolute Gasteiger partial charge is 0.244 e. The van der Waals surface area contributed by atoms with Gasteiger partial charge in [-0.25, -0.2) is 8.42 Å². The molecule has 1 aliphatic heterocycles. The first kappa shape index (κ1) is 15.0. The summed E-state index contributed by atoms with van der Waals surface area (Å²) < 4.78 is 27.1. The number of hydrogen-bond acceptors (Lipinski definition) is 4. The van der Waals surface area contributed by atoms with Crippen LogP contribution in [0.1, 0.15) is 25.5 Å². The number of nitrogens with one attached hydrogen (secondary N) is 2. The maximum absolute atomic E-state index is 12.7. The highest BCUT2D eigenvalue weighted by Crippen LogP contribution is 2.23. The first-order chi connectivity index (χ1) is 9.96. The average molecular weight is 312 g/mol. The quantitative estimate of drug-likeness (QED) is 0.835. The molecule has 0 amide bonds. The number of likely N-dealkylation sites (N-methyl/N-ethyl adjacent to an activating group) is 1. The average Bonchev–Trinajstić information content (AvgIpc) is 3.12. The van der Waals surface area contributed by atoms with Crippen LogP contribution in [-0.2, 0) is 16.6 Å². The van der Waals surface area contributed by atoms with Gasteiger partial charge in [0.25, 0.3) is 0 Å². The van der Waals surface area contributed by atoms with Crippen LogP contribution in [0.3, 0.4) is 0 Å². The summed E-state index contributed by atoms with van der Waals surface area (Å²) >= 11 is 0. The highest BCUT2D eigenvalue weighted by molar-refractivity contribution is 7.89. The van der Waals surface area contributed by atoms with Gasteiger partial charge >= 0.3 is 0 Å². The van der Waals surface area contributed by atoms with E-state index in [0.717, 1.165) is 18.8 Å². The Labute approximate surface area is 126 Å². The summed E-state index contributed by atoms with van der Waals surface area (Å²) in [6, 6.07) is 2.39. The molecule has 0 aromatic carbocycles. The van der Waals surface area contributed by atoms with Crippen molar-refractivity contribution in [3.05, 3.63) is 18.0 Å². The van der Waals surface area contributed by atoms with Crippen molar-refractivity contribution >= 4 is 10.0 Å². The van der Waals surface area contributed by atoms with Gasteiger partial charge in [0, 0.05) is 50.2 Å². The number of rotatable bonds is 5. The van der Waals surface area contributed by atoms with E-state index in [4.69, 9.17) is 0 Å². The van der Waals surface area contributed by atoms with Crippen LogP contribution in [-0.4, -0.2) is 61.4 Å². The minimum atomic E-state index is -3.39. The molecule has 0 spiro atoms. The van der Waals surface area contributed by atoms with Crippen LogP contribution >= 0.6 is 0 Å². The summed E-state index contributed by atoms with van der Waals surface area (Å²) in [5.74, 6) is 0. The molecule has 7 heteroatoms. The van der Waals surface area contributed by atoms with E-state index < -0.39 is 10.0 Å². The predicted molar refractivity (Wildman–Crippen MR) is 81.5 cm³/mol. The van der Waals surface area contributed by atoms with Gasteiger partial charge in [0.2, 0.25) is 10.0 Å². The lowest BCUT2D eigenvalue weighted by Gasteiger charge is -2.36. The van der Waals surface area contributed by atoms with Gasteiger partial charge in [-0.2, -0.15) is 4.31 Å². The molecule has 1 atom stereocenters. The standard InChI is InChI=1S/C14H24N4O2S/c1-11-10-17(2)5-6-18(11)21(19,20)14-7-13(16-9-14)8-15-12-3-4-12/h7,9,11-12,15-16H,3-6,8,10H2,1-2H3. The zero-order valence-electron chi connectivity index (χ0n) is 12.7. The van der Waals surface area contributed by atoms with Crippen molar-refractivity contribution in [3.8, 4) is 0 Å². The molecule has 2 aliphatic rings. The fourth-order valence-corrected chi connectivity index (χ4v) is 4.46. The molecule has 1 saturated carbocycles. The lowest BCUT2D eigenvalue weighted by molar-refractivity contribution is 0.170. The number of H-pyrrole nitrogens is 1. The van der Waals surface area contributed by atoms with Crippen molar-refractivity contribution in [2.24, 2.45) is 0 Å². The van der Waals surface area contributed by atoms with Crippen LogP contribution < -0.4 is 5.32 Å². The summed E-state index contributed by atoms with van der Waals surface area (Å²) in [7, 11) is -1.36. The first-order valence-corrected chi connectivity index (χ1v) is 9.02. The number of aromatic nitrogens is 1. The van der Waals surface area contributed by atoms with Gasteiger partial charge in [-0.15, -0.1) is 0 Å². The maximum atomic E-state index is 12.7. The van der Waals surface area contributed by atoms with Crippen molar-refractivity contribution < 1.29 is 8.42 Å². The second kappa shape index (κ2) is 5.72. The summed E-state index contributed by atoms with van der Waals surface area (Å²) in [6.07, 6.45) is 4.07. The molecular formula is C14H24N4O2S. The summed E-state index contributed by atoms with van der Waals surface area (Å²) in [6.45, 7) is 4.79. The number of aromatic amines is 1. The second-order valence-electron chi connectivity index (χ2n) is 6.24. The molecular weight excluding hydrogens is 288 g/mol. The number of sulfonamides is 1. The molecule has 2 heterocycles. The summed E-state index contributed by atoms with van der Waals surface area (Å²) in [4.78, 5) is 5.63. The molecule has 2 N–H and O–H groups in total. The second-order valence-corrected chi connectivity index (χ2v) is 8.13. The van der Waals surface area contributed by atoms with E-state index in [9.17, 15) is 8.42 Å². The molecule has 1 saturated heterocycles. The lowest BCUT2D eigenvalue weighted by atomic mass is 10.2. The largest absolute Gasteiger partial charge is 0.363 e. The fraction of sp³-hybridized carbons (Fsp3) is 0.714. The summed E-state index contributed by atoms with van der Waals surface area (Å²) in [5.41, 5.74) is 0.933. The predicted octanol–water partition coefficient (Wildman–Crippen LogP) is 0.591. The van der Waals surface area contributed by atoms with Gasteiger partial charge in [-0.1, -0.05) is 0 Å². The Morgan fingerprint density at radius 3 is 2.81 bits per heavy atom. The topological polar surface area (TPSA) is 68.4 Å². The van der Waals surface area contributed by atoms with Gasteiger partial charge in [-0.05, 0) is 32.9 Å². The Hall–Kier alpha value is -0.890. The zero-order valence-corrected chi connectivity index (χ0v) is 13.5. The Balaban J connectivity index is 1.71. The SMILES string of the molecule is CC1CN(C)CCN1S(=O)(=O)c1c[nH]c(CNC2CC2)c1. The van der Waals surface area contributed by atoms with Crippen molar-refractivity contribution in [1.82, 2.24) is 19.5 Å². The van der Waals surface area contributed by atoms with Crippen LogP contribution in [0, 0.1) is 0 Å². The van der Waals surface area contributed by atoms with E-state index in [2.05, 4.69) is 15.2 Å². The Kier molecular flexibility index (Phi) is 4.09. The van der Waals surface area contributed by atoms with Gasteiger partial charge < -0.3 is 15.2 Å².